The smallest absolute Gasteiger partial charge is 0.306 e. The average Bonchev–Trinajstić information content (AvgIpc) is 3.39. The van der Waals surface area contributed by atoms with Crippen molar-refractivity contribution in [3.05, 3.63) is 72.9 Å². The van der Waals surface area contributed by atoms with Gasteiger partial charge in [0, 0.05) is 12.8 Å². The summed E-state index contributed by atoms with van der Waals surface area (Å²) in [4.78, 5) is 37.9. The van der Waals surface area contributed by atoms with E-state index in [4.69, 9.17) is 18.5 Å². The van der Waals surface area contributed by atoms with Gasteiger partial charge in [0.2, 0.25) is 0 Å². The Morgan fingerprint density at radius 1 is 0.416 bits per heavy atom. The normalized spacial score (nSPS) is 13.7. The summed E-state index contributed by atoms with van der Waals surface area (Å²) in [5.74, 6) is -0.828. The summed E-state index contributed by atoms with van der Waals surface area (Å²) >= 11 is 0. The average molecular weight is 1100 g/mol. The molecule has 2 atom stereocenters. The number of ether oxygens (including phenoxy) is 2. The molecular formula is C67H122NO8P. The monoisotopic (exact) mass is 1100 g/mol. The standard InChI is InChI=1S/C67H122NO8P/c1-6-8-10-12-14-16-18-20-22-24-26-27-28-29-30-31-32-33-34-35-36-37-38-39-40-41-42-44-46-48-50-52-54-56-58-60-67(70)76-65(64-75-77(71,72)74-62-61-68(3,4)5)63-73-66(69)59-57-55-53-51-49-47-45-43-25-23-21-19-17-15-13-11-9-7-2/h8,10,14,16,20,22-23,25-27,29-30,65H,6-7,9,11-13,15,17-19,21,24,28,31-64H2,1-5H3/b10-8-,16-14-,22-20-,25-23-,27-26-,30-29-. The zero-order valence-corrected chi connectivity index (χ0v) is 51.8. The summed E-state index contributed by atoms with van der Waals surface area (Å²) < 4.78 is 34.2. The van der Waals surface area contributed by atoms with E-state index in [1.54, 1.807) is 0 Å². The number of allylic oxidation sites excluding steroid dienone is 12. The zero-order chi connectivity index (χ0) is 56.3. The number of unbranched alkanes of at least 4 members (excludes halogenated alkanes) is 33. The molecule has 0 N–H and O–H groups in total. The van der Waals surface area contributed by atoms with Crippen molar-refractivity contribution < 1.29 is 42.1 Å². The minimum Gasteiger partial charge on any atom is -0.756 e. The van der Waals surface area contributed by atoms with E-state index in [1.807, 2.05) is 21.1 Å². The van der Waals surface area contributed by atoms with E-state index >= 15 is 0 Å². The van der Waals surface area contributed by atoms with Crippen LogP contribution in [0.4, 0.5) is 0 Å². The summed E-state index contributed by atoms with van der Waals surface area (Å²) in [7, 11) is 1.17. The molecule has 0 aliphatic rings. The summed E-state index contributed by atoms with van der Waals surface area (Å²) in [5, 5.41) is 0. The van der Waals surface area contributed by atoms with E-state index in [0.717, 1.165) is 83.5 Å². The van der Waals surface area contributed by atoms with Crippen molar-refractivity contribution in [1.29, 1.82) is 0 Å². The van der Waals surface area contributed by atoms with Crippen molar-refractivity contribution in [2.24, 2.45) is 0 Å². The second-order valence-corrected chi connectivity index (χ2v) is 24.2. The van der Waals surface area contributed by atoms with Crippen LogP contribution in [0.3, 0.4) is 0 Å². The molecular weight excluding hydrogens is 978 g/mol. The molecule has 2 unspecified atom stereocenters. The predicted octanol–water partition coefficient (Wildman–Crippen LogP) is 19.8. The van der Waals surface area contributed by atoms with E-state index in [9.17, 15) is 19.0 Å². The Bertz CT molecular complexity index is 1530. The van der Waals surface area contributed by atoms with Gasteiger partial charge in [-0.2, -0.15) is 0 Å². The zero-order valence-electron chi connectivity index (χ0n) is 50.9. The molecule has 0 bridgehead atoms. The third kappa shape index (κ3) is 62.5. The van der Waals surface area contributed by atoms with E-state index in [1.165, 1.54) is 173 Å². The number of phosphoric acid groups is 1. The highest BCUT2D eigenvalue weighted by Crippen LogP contribution is 2.38. The van der Waals surface area contributed by atoms with Crippen LogP contribution in [0.5, 0.6) is 0 Å². The molecule has 10 heteroatoms. The molecule has 0 aliphatic carbocycles. The maximum atomic E-state index is 12.8. The Hall–Kier alpha value is -2.55. The molecule has 0 aromatic carbocycles. The maximum absolute atomic E-state index is 12.8. The Labute approximate surface area is 476 Å². The van der Waals surface area contributed by atoms with Crippen molar-refractivity contribution in [3.8, 4) is 0 Å². The van der Waals surface area contributed by atoms with Crippen LogP contribution in [0.2, 0.25) is 0 Å². The lowest BCUT2D eigenvalue weighted by Gasteiger charge is -2.28. The Kier molecular flexibility index (Phi) is 56.2. The molecule has 0 spiro atoms. The van der Waals surface area contributed by atoms with Crippen molar-refractivity contribution in [1.82, 2.24) is 0 Å². The van der Waals surface area contributed by atoms with Gasteiger partial charge in [0.15, 0.2) is 6.10 Å². The summed E-state index contributed by atoms with van der Waals surface area (Å²) in [6.45, 7) is 4.15. The van der Waals surface area contributed by atoms with Gasteiger partial charge in [-0.15, -0.1) is 0 Å². The highest BCUT2D eigenvalue weighted by Gasteiger charge is 2.22. The van der Waals surface area contributed by atoms with E-state index < -0.39 is 26.5 Å². The molecule has 0 aromatic rings. The number of phosphoric ester groups is 1. The van der Waals surface area contributed by atoms with Crippen LogP contribution in [0.15, 0.2) is 72.9 Å². The first kappa shape index (κ1) is 74.5. The van der Waals surface area contributed by atoms with Gasteiger partial charge in [-0.05, 0) is 83.5 Å². The van der Waals surface area contributed by atoms with Crippen LogP contribution in [0, 0.1) is 0 Å². The second-order valence-electron chi connectivity index (χ2n) is 22.7. The first-order valence-electron chi connectivity index (χ1n) is 32.1. The molecule has 0 rings (SSSR count). The van der Waals surface area contributed by atoms with Gasteiger partial charge in [0.1, 0.15) is 19.8 Å². The Morgan fingerprint density at radius 2 is 0.740 bits per heavy atom. The molecule has 0 radical (unpaired) electrons. The number of hydrogen-bond acceptors (Lipinski definition) is 8. The van der Waals surface area contributed by atoms with Crippen LogP contribution in [-0.2, 0) is 32.7 Å². The fourth-order valence-electron chi connectivity index (χ4n) is 9.03. The molecule has 0 saturated carbocycles. The van der Waals surface area contributed by atoms with Crippen LogP contribution in [0.25, 0.3) is 0 Å². The van der Waals surface area contributed by atoms with Crippen LogP contribution in [-0.4, -0.2) is 70.0 Å². The Balaban J connectivity index is 4.01. The lowest BCUT2D eigenvalue weighted by atomic mass is 10.0. The van der Waals surface area contributed by atoms with Gasteiger partial charge in [-0.1, -0.05) is 267 Å². The minimum absolute atomic E-state index is 0.0315. The number of quaternary nitrogens is 1. The molecule has 0 aliphatic heterocycles. The summed E-state index contributed by atoms with van der Waals surface area (Å²) in [5.41, 5.74) is 0. The first-order valence-corrected chi connectivity index (χ1v) is 33.6. The molecule has 0 aromatic heterocycles. The van der Waals surface area contributed by atoms with Crippen molar-refractivity contribution in [3.63, 3.8) is 0 Å². The number of carbonyl (C=O) groups excluding carboxylic acids is 2. The highest BCUT2D eigenvalue weighted by molar-refractivity contribution is 7.45. The highest BCUT2D eigenvalue weighted by atomic mass is 31.2. The van der Waals surface area contributed by atoms with Crippen LogP contribution < -0.4 is 4.89 Å². The van der Waals surface area contributed by atoms with E-state index in [2.05, 4.69) is 86.8 Å². The molecule has 77 heavy (non-hydrogen) atoms. The largest absolute Gasteiger partial charge is 0.756 e. The Morgan fingerprint density at radius 3 is 1.12 bits per heavy atom. The van der Waals surface area contributed by atoms with Gasteiger partial charge in [-0.3, -0.25) is 14.2 Å². The number of carbonyl (C=O) groups is 2. The summed E-state index contributed by atoms with van der Waals surface area (Å²) in [6, 6.07) is 0. The third-order valence-corrected chi connectivity index (χ3v) is 14.9. The van der Waals surface area contributed by atoms with Gasteiger partial charge in [0.25, 0.3) is 7.82 Å². The number of likely N-dealkylation sites (N-methyl/N-ethyl adjacent to an activating group) is 1. The SMILES string of the molecule is CC/C=C\C/C=C\C/C=C\C/C=C\C/C=C\CCCCCCCCCCCCCCCCCCCCCC(=O)OC(COC(=O)CCCCCCCCC/C=C\CCCCCCCCC)COP(=O)([O-])OCC[N+](C)(C)C. The molecule has 0 amide bonds. The molecule has 448 valence electrons. The first-order chi connectivity index (χ1) is 37.5. The second kappa shape index (κ2) is 58.1. The quantitative estimate of drug-likeness (QED) is 0.0195. The van der Waals surface area contributed by atoms with Gasteiger partial charge >= 0.3 is 11.9 Å². The molecule has 0 fully saturated rings. The number of esters is 2. The van der Waals surface area contributed by atoms with E-state index in [-0.39, 0.29) is 32.0 Å². The summed E-state index contributed by atoms with van der Waals surface area (Å²) in [6.07, 6.45) is 76.8. The van der Waals surface area contributed by atoms with Crippen molar-refractivity contribution in [2.45, 2.75) is 296 Å². The number of nitrogens with zero attached hydrogens (tertiary/aromatic N) is 1. The minimum atomic E-state index is -4.64. The van der Waals surface area contributed by atoms with Crippen molar-refractivity contribution in [2.75, 3.05) is 47.5 Å². The lowest BCUT2D eigenvalue weighted by Crippen LogP contribution is -2.37. The third-order valence-electron chi connectivity index (χ3n) is 14.0. The van der Waals surface area contributed by atoms with Gasteiger partial charge in [-0.25, -0.2) is 0 Å². The topological polar surface area (TPSA) is 111 Å². The fourth-order valence-corrected chi connectivity index (χ4v) is 9.76. The van der Waals surface area contributed by atoms with Crippen molar-refractivity contribution >= 4 is 19.8 Å². The lowest BCUT2D eigenvalue weighted by molar-refractivity contribution is -0.870. The van der Waals surface area contributed by atoms with E-state index in [0.29, 0.717) is 17.4 Å². The maximum Gasteiger partial charge on any atom is 0.306 e. The predicted molar refractivity (Wildman–Crippen MR) is 328 cm³/mol. The van der Waals surface area contributed by atoms with Gasteiger partial charge in [0.05, 0.1) is 27.7 Å². The number of hydrogen-bond donors (Lipinski definition) is 0. The molecule has 9 nitrogen and oxygen atoms in total. The van der Waals surface area contributed by atoms with Crippen LogP contribution in [0.1, 0.15) is 290 Å². The molecule has 0 heterocycles. The number of rotatable bonds is 59. The van der Waals surface area contributed by atoms with Crippen LogP contribution >= 0.6 is 7.82 Å². The van der Waals surface area contributed by atoms with Gasteiger partial charge < -0.3 is 27.9 Å². The fraction of sp³-hybridized carbons (Fsp3) is 0.791. The molecule has 0 saturated heterocycles.